The maximum atomic E-state index is 13.3. The van der Waals surface area contributed by atoms with Crippen LogP contribution >= 0.6 is 0 Å². The van der Waals surface area contributed by atoms with Crippen LogP contribution < -0.4 is 10.5 Å². The molecule has 0 bridgehead atoms. The van der Waals surface area contributed by atoms with Gasteiger partial charge in [0.15, 0.2) is 5.65 Å². The van der Waals surface area contributed by atoms with Crippen molar-refractivity contribution in [1.29, 1.82) is 0 Å². The molecule has 2 N–H and O–H groups in total. The summed E-state index contributed by atoms with van der Waals surface area (Å²) in [5.41, 5.74) is 10.3. The molecule has 1 amide bonds. The quantitative estimate of drug-likeness (QED) is 0.521. The number of nitrogen functional groups attached to an aromatic ring is 1. The molecule has 0 aromatic carbocycles. The van der Waals surface area contributed by atoms with E-state index in [0.717, 1.165) is 41.1 Å². The van der Waals surface area contributed by atoms with E-state index in [0.29, 0.717) is 30.7 Å². The van der Waals surface area contributed by atoms with Crippen molar-refractivity contribution in [2.45, 2.75) is 31.9 Å². The van der Waals surface area contributed by atoms with Gasteiger partial charge in [0, 0.05) is 37.1 Å². The second-order valence-electron chi connectivity index (χ2n) is 8.15. The minimum absolute atomic E-state index is 0.0450. The van der Waals surface area contributed by atoms with E-state index in [1.54, 1.807) is 23.1 Å². The Morgan fingerprint density at radius 1 is 1.16 bits per heavy atom. The number of anilines is 1. The number of carbonyl (C=O) groups excluding carboxylic acids is 1. The highest BCUT2D eigenvalue weighted by Gasteiger charge is 2.29. The van der Waals surface area contributed by atoms with Gasteiger partial charge in [-0.15, -0.1) is 5.10 Å². The fraction of sp³-hybridized carbons (Fsp3) is 0.261. The smallest absolute Gasteiger partial charge is 0.256 e. The van der Waals surface area contributed by atoms with Crippen LogP contribution in [0.1, 0.15) is 34.6 Å². The average Bonchev–Trinajstić information content (AvgIpc) is 3.54. The van der Waals surface area contributed by atoms with Crippen molar-refractivity contribution in [2.24, 2.45) is 0 Å². The van der Waals surface area contributed by atoms with Crippen molar-refractivity contribution in [1.82, 2.24) is 29.5 Å². The van der Waals surface area contributed by atoms with Crippen LogP contribution in [-0.4, -0.2) is 48.0 Å². The molecule has 0 atom stereocenters. The molecule has 9 nitrogen and oxygen atoms in total. The van der Waals surface area contributed by atoms with E-state index in [1.165, 1.54) is 0 Å². The minimum atomic E-state index is -0.0450. The van der Waals surface area contributed by atoms with E-state index >= 15 is 0 Å². The zero-order valence-electron chi connectivity index (χ0n) is 17.3. The van der Waals surface area contributed by atoms with Crippen molar-refractivity contribution in [3.05, 3.63) is 65.9 Å². The van der Waals surface area contributed by atoms with E-state index in [2.05, 4.69) is 20.1 Å². The Balaban J connectivity index is 1.29. The lowest BCUT2D eigenvalue weighted by atomic mass is 10.00. The summed E-state index contributed by atoms with van der Waals surface area (Å²) in [5, 5.41) is 4.10. The number of hydrogen-bond acceptors (Lipinski definition) is 7. The second-order valence-corrected chi connectivity index (χ2v) is 8.15. The first-order valence-corrected chi connectivity index (χ1v) is 10.6. The first kappa shape index (κ1) is 18.7. The van der Waals surface area contributed by atoms with Crippen LogP contribution in [0.5, 0.6) is 5.75 Å². The summed E-state index contributed by atoms with van der Waals surface area (Å²) < 4.78 is 7.60. The van der Waals surface area contributed by atoms with Gasteiger partial charge in [-0.1, -0.05) is 0 Å². The van der Waals surface area contributed by atoms with Gasteiger partial charge >= 0.3 is 0 Å². The molecule has 0 spiro atoms. The standard InChI is InChI=1S/C23H21N7O2/c24-23-27-21-11-14(5-9-30(21)28-23)15-10-17-18(26-12-15)6-8-29(22(17)31)13-19-20(2-1-7-25-19)32-16-3-4-16/h1-2,5,7,9-12,16H,3-4,6,8,13H2,(H2,24,28). The third kappa shape index (κ3) is 3.41. The molecule has 6 rings (SSSR count). The highest BCUT2D eigenvalue weighted by atomic mass is 16.5. The van der Waals surface area contributed by atoms with Crippen molar-refractivity contribution in [2.75, 3.05) is 12.3 Å². The van der Waals surface area contributed by atoms with Gasteiger partial charge in [-0.05, 0) is 48.7 Å². The Labute approximate surface area is 183 Å². The summed E-state index contributed by atoms with van der Waals surface area (Å²) in [5.74, 6) is 0.939. The van der Waals surface area contributed by atoms with Crippen LogP contribution in [0.25, 0.3) is 16.8 Å². The first-order valence-electron chi connectivity index (χ1n) is 10.6. The molecule has 4 aromatic rings. The summed E-state index contributed by atoms with van der Waals surface area (Å²) in [6.45, 7) is 1.01. The third-order valence-corrected chi connectivity index (χ3v) is 5.80. The first-order chi connectivity index (χ1) is 15.6. The lowest BCUT2D eigenvalue weighted by Crippen LogP contribution is -2.37. The van der Waals surface area contributed by atoms with E-state index in [9.17, 15) is 4.79 Å². The van der Waals surface area contributed by atoms with Crippen molar-refractivity contribution >= 4 is 17.5 Å². The normalized spacial score (nSPS) is 15.8. The maximum absolute atomic E-state index is 13.3. The molecule has 4 aromatic heterocycles. The molecule has 2 aliphatic rings. The summed E-state index contributed by atoms with van der Waals surface area (Å²) in [7, 11) is 0. The molecule has 0 radical (unpaired) electrons. The lowest BCUT2D eigenvalue weighted by Gasteiger charge is -2.28. The lowest BCUT2D eigenvalue weighted by molar-refractivity contribution is 0.0721. The number of aromatic nitrogens is 5. The molecular formula is C23H21N7O2. The second kappa shape index (κ2) is 7.30. The fourth-order valence-corrected chi connectivity index (χ4v) is 3.97. The van der Waals surface area contributed by atoms with Crippen LogP contribution in [0, 0.1) is 0 Å². The zero-order valence-corrected chi connectivity index (χ0v) is 17.3. The number of carbonyl (C=O) groups is 1. The van der Waals surface area contributed by atoms with Gasteiger partial charge in [0.2, 0.25) is 5.95 Å². The SMILES string of the molecule is Nc1nc2cc(-c3cnc4c(c3)C(=O)N(Cc3ncccc3OC3CC3)CC4)ccn2n1. The van der Waals surface area contributed by atoms with Crippen LogP contribution in [0.3, 0.4) is 0 Å². The van der Waals surface area contributed by atoms with Crippen molar-refractivity contribution in [3.63, 3.8) is 0 Å². The monoisotopic (exact) mass is 427 g/mol. The molecule has 1 aliphatic carbocycles. The summed E-state index contributed by atoms with van der Waals surface area (Å²) in [4.78, 5) is 28.4. The number of nitrogens with zero attached hydrogens (tertiary/aromatic N) is 6. The highest BCUT2D eigenvalue weighted by molar-refractivity contribution is 5.97. The Bertz CT molecular complexity index is 1350. The van der Waals surface area contributed by atoms with E-state index < -0.39 is 0 Å². The third-order valence-electron chi connectivity index (χ3n) is 5.80. The molecule has 1 fully saturated rings. The van der Waals surface area contributed by atoms with E-state index in [1.807, 2.05) is 35.2 Å². The Hall–Kier alpha value is -4.01. The number of rotatable bonds is 5. The minimum Gasteiger partial charge on any atom is -0.488 e. The summed E-state index contributed by atoms with van der Waals surface area (Å²) in [6, 6.07) is 9.49. The van der Waals surface area contributed by atoms with Gasteiger partial charge in [-0.25, -0.2) is 4.52 Å². The zero-order chi connectivity index (χ0) is 21.7. The topological polar surface area (TPSA) is 112 Å². The molecule has 5 heterocycles. The number of pyridine rings is 3. The number of fused-ring (bicyclic) bond motifs is 2. The van der Waals surface area contributed by atoms with Gasteiger partial charge in [0.1, 0.15) is 11.4 Å². The molecule has 160 valence electrons. The molecule has 0 saturated heterocycles. The van der Waals surface area contributed by atoms with Gasteiger partial charge in [0.25, 0.3) is 5.91 Å². The number of amides is 1. The number of ether oxygens (including phenoxy) is 1. The molecule has 32 heavy (non-hydrogen) atoms. The number of hydrogen-bond donors (Lipinski definition) is 1. The van der Waals surface area contributed by atoms with Crippen molar-refractivity contribution < 1.29 is 9.53 Å². The van der Waals surface area contributed by atoms with Gasteiger partial charge < -0.3 is 15.4 Å². The molecule has 1 aliphatic heterocycles. The summed E-state index contributed by atoms with van der Waals surface area (Å²) in [6.07, 6.45) is 8.47. The van der Waals surface area contributed by atoms with Gasteiger partial charge in [-0.3, -0.25) is 14.8 Å². The van der Waals surface area contributed by atoms with Crippen LogP contribution in [0.4, 0.5) is 5.95 Å². The molecule has 9 heteroatoms. The predicted octanol–water partition coefficient (Wildman–Crippen LogP) is 2.51. The van der Waals surface area contributed by atoms with Gasteiger partial charge in [-0.2, -0.15) is 4.98 Å². The maximum Gasteiger partial charge on any atom is 0.256 e. The van der Waals surface area contributed by atoms with Crippen LogP contribution in [0.15, 0.2) is 48.9 Å². The van der Waals surface area contributed by atoms with Crippen LogP contribution in [-0.2, 0) is 13.0 Å². The molecular weight excluding hydrogens is 406 g/mol. The predicted molar refractivity (Wildman–Crippen MR) is 117 cm³/mol. The van der Waals surface area contributed by atoms with E-state index in [-0.39, 0.29) is 18.0 Å². The van der Waals surface area contributed by atoms with Gasteiger partial charge in [0.05, 0.1) is 23.9 Å². The summed E-state index contributed by atoms with van der Waals surface area (Å²) >= 11 is 0. The molecule has 1 saturated carbocycles. The fourth-order valence-electron chi connectivity index (χ4n) is 3.97. The largest absolute Gasteiger partial charge is 0.488 e. The van der Waals surface area contributed by atoms with Crippen molar-refractivity contribution in [3.8, 4) is 16.9 Å². The average molecular weight is 427 g/mol. The Morgan fingerprint density at radius 2 is 2.06 bits per heavy atom. The Morgan fingerprint density at radius 3 is 2.94 bits per heavy atom. The number of nitrogens with two attached hydrogens (primary N) is 1. The van der Waals surface area contributed by atoms with Crippen LogP contribution in [0.2, 0.25) is 0 Å². The Kier molecular flexibility index (Phi) is 4.27. The highest BCUT2D eigenvalue weighted by Crippen LogP contribution is 2.30. The van der Waals surface area contributed by atoms with E-state index in [4.69, 9.17) is 10.5 Å². The molecule has 0 unspecified atom stereocenters.